The molecule has 2 rings (SSSR count). The first-order chi connectivity index (χ1) is 9.56. The number of benzene rings is 1. The Kier molecular flexibility index (Phi) is 5.05. The van der Waals surface area contributed by atoms with E-state index in [9.17, 15) is 4.79 Å². The van der Waals surface area contributed by atoms with Crippen molar-refractivity contribution in [3.8, 4) is 0 Å². The average molecular weight is 293 g/mol. The molecule has 1 aliphatic rings. The summed E-state index contributed by atoms with van der Waals surface area (Å²) >= 11 is 4.91. The monoisotopic (exact) mass is 293 g/mol. The predicted octanol–water partition coefficient (Wildman–Crippen LogP) is 0.381. The Balaban J connectivity index is 1.91. The topological polar surface area (TPSA) is 67.6 Å². The Bertz CT molecular complexity index is 507. The van der Waals surface area contributed by atoms with Gasteiger partial charge in [0.15, 0.2) is 0 Å². The number of carbonyl (C=O) groups is 1. The number of hydrogen-bond acceptors (Lipinski definition) is 4. The van der Waals surface area contributed by atoms with E-state index < -0.39 is 0 Å². The van der Waals surface area contributed by atoms with E-state index in [1.807, 2.05) is 7.05 Å². The molecule has 1 aliphatic heterocycles. The first kappa shape index (κ1) is 14.9. The van der Waals surface area contributed by atoms with Crippen LogP contribution in [0.2, 0.25) is 0 Å². The van der Waals surface area contributed by atoms with Gasteiger partial charge in [0.1, 0.15) is 4.99 Å². The molecule has 1 fully saturated rings. The molecule has 6 heteroatoms. The van der Waals surface area contributed by atoms with E-state index in [0.717, 1.165) is 13.1 Å². The Morgan fingerprint density at radius 1 is 1.55 bits per heavy atom. The first-order valence-electron chi connectivity index (χ1n) is 6.54. The van der Waals surface area contributed by atoms with E-state index in [1.54, 1.807) is 24.3 Å². The molecule has 1 amide bonds. The van der Waals surface area contributed by atoms with E-state index in [4.69, 9.17) is 22.7 Å². The molecular weight excluding hydrogens is 274 g/mol. The zero-order valence-electron chi connectivity index (χ0n) is 11.5. The molecule has 0 aliphatic carbocycles. The normalized spacial score (nSPS) is 19.6. The summed E-state index contributed by atoms with van der Waals surface area (Å²) < 4.78 is 5.60. The van der Waals surface area contributed by atoms with Gasteiger partial charge in [-0.1, -0.05) is 24.4 Å². The number of ether oxygens (including phenoxy) is 1. The maximum absolute atomic E-state index is 12.1. The third-order valence-electron chi connectivity index (χ3n) is 3.24. The second-order valence-electron chi connectivity index (χ2n) is 4.91. The van der Waals surface area contributed by atoms with Gasteiger partial charge in [-0.25, -0.2) is 0 Å². The number of morpholine rings is 1. The minimum Gasteiger partial charge on any atom is -0.389 e. The molecule has 108 valence electrons. The number of nitrogens with zero attached hydrogens (tertiary/aromatic N) is 1. The van der Waals surface area contributed by atoms with Gasteiger partial charge in [-0.15, -0.1) is 0 Å². The average Bonchev–Trinajstić information content (AvgIpc) is 2.45. The van der Waals surface area contributed by atoms with Gasteiger partial charge in [0.25, 0.3) is 5.91 Å². The fourth-order valence-electron chi connectivity index (χ4n) is 2.11. The van der Waals surface area contributed by atoms with Gasteiger partial charge in [-0.05, 0) is 19.2 Å². The summed E-state index contributed by atoms with van der Waals surface area (Å²) in [4.78, 5) is 14.6. The molecule has 3 N–H and O–H groups in total. The van der Waals surface area contributed by atoms with Crippen molar-refractivity contribution in [2.45, 2.75) is 6.10 Å². The highest BCUT2D eigenvalue weighted by Crippen LogP contribution is 2.06. The summed E-state index contributed by atoms with van der Waals surface area (Å²) in [5, 5.41) is 2.88. The lowest BCUT2D eigenvalue weighted by Crippen LogP contribution is -2.45. The smallest absolute Gasteiger partial charge is 0.251 e. The molecule has 1 aromatic rings. The number of carbonyl (C=O) groups excluding carboxylic acids is 1. The molecule has 5 nitrogen and oxygen atoms in total. The summed E-state index contributed by atoms with van der Waals surface area (Å²) in [6, 6.07) is 7.00. The van der Waals surface area contributed by atoms with E-state index in [0.29, 0.717) is 24.3 Å². The van der Waals surface area contributed by atoms with E-state index in [1.165, 1.54) is 0 Å². The number of hydrogen-bond donors (Lipinski definition) is 2. The van der Waals surface area contributed by atoms with Crippen LogP contribution in [0.1, 0.15) is 15.9 Å². The van der Waals surface area contributed by atoms with Gasteiger partial charge in [0.2, 0.25) is 0 Å². The third-order valence-corrected chi connectivity index (χ3v) is 3.48. The Morgan fingerprint density at radius 3 is 3.00 bits per heavy atom. The number of rotatable bonds is 4. The zero-order chi connectivity index (χ0) is 14.5. The summed E-state index contributed by atoms with van der Waals surface area (Å²) in [5.74, 6) is -0.139. The molecule has 0 radical (unpaired) electrons. The van der Waals surface area contributed by atoms with Crippen molar-refractivity contribution in [3.05, 3.63) is 35.4 Å². The van der Waals surface area contributed by atoms with Gasteiger partial charge in [0.05, 0.1) is 12.7 Å². The number of amides is 1. The number of likely N-dealkylation sites (N-methyl/N-ethyl adjacent to an activating group) is 1. The van der Waals surface area contributed by atoms with Crippen LogP contribution in [-0.2, 0) is 4.74 Å². The van der Waals surface area contributed by atoms with Crippen LogP contribution >= 0.6 is 12.2 Å². The van der Waals surface area contributed by atoms with Crippen molar-refractivity contribution in [1.29, 1.82) is 0 Å². The molecular formula is C14H19N3O2S. The lowest BCUT2D eigenvalue weighted by atomic mass is 10.1. The summed E-state index contributed by atoms with van der Waals surface area (Å²) in [6.45, 7) is 2.96. The standard InChI is InChI=1S/C14H19N3O2S/c1-17-5-6-19-12(9-17)8-16-14(18)11-4-2-3-10(7-11)13(15)20/h2-4,7,12H,5-6,8-9H2,1H3,(H2,15,20)(H,16,18). The van der Waals surface area contributed by atoms with Crippen molar-refractivity contribution in [2.24, 2.45) is 5.73 Å². The predicted molar refractivity (Wildman–Crippen MR) is 81.9 cm³/mol. The molecule has 1 heterocycles. The maximum atomic E-state index is 12.1. The minimum atomic E-state index is -0.139. The molecule has 0 aromatic heterocycles. The quantitative estimate of drug-likeness (QED) is 0.786. The largest absolute Gasteiger partial charge is 0.389 e. The fourth-order valence-corrected chi connectivity index (χ4v) is 2.24. The van der Waals surface area contributed by atoms with Crippen molar-refractivity contribution in [2.75, 3.05) is 33.3 Å². The van der Waals surface area contributed by atoms with Crippen molar-refractivity contribution in [1.82, 2.24) is 10.2 Å². The summed E-state index contributed by atoms with van der Waals surface area (Å²) in [5.41, 5.74) is 6.81. The molecule has 0 spiro atoms. The van der Waals surface area contributed by atoms with Crippen LogP contribution in [0, 0.1) is 0 Å². The molecule has 1 aromatic carbocycles. The number of nitrogens with one attached hydrogen (secondary N) is 1. The number of thiocarbonyl (C=S) groups is 1. The Morgan fingerprint density at radius 2 is 2.30 bits per heavy atom. The van der Waals surface area contributed by atoms with Crippen molar-refractivity contribution in [3.63, 3.8) is 0 Å². The van der Waals surface area contributed by atoms with Crippen molar-refractivity contribution >= 4 is 23.1 Å². The summed E-state index contributed by atoms with van der Waals surface area (Å²) in [7, 11) is 2.04. The fraction of sp³-hybridized carbons (Fsp3) is 0.429. The maximum Gasteiger partial charge on any atom is 0.251 e. The molecule has 0 saturated carbocycles. The molecule has 1 saturated heterocycles. The highest BCUT2D eigenvalue weighted by Gasteiger charge is 2.18. The van der Waals surface area contributed by atoms with E-state index in [2.05, 4.69) is 10.2 Å². The van der Waals surface area contributed by atoms with Gasteiger partial charge in [-0.3, -0.25) is 4.79 Å². The van der Waals surface area contributed by atoms with Crippen molar-refractivity contribution < 1.29 is 9.53 Å². The molecule has 1 unspecified atom stereocenters. The molecule has 0 bridgehead atoms. The number of nitrogens with two attached hydrogens (primary N) is 1. The molecule has 1 atom stereocenters. The lowest BCUT2D eigenvalue weighted by Gasteiger charge is -2.30. The van der Waals surface area contributed by atoms with Crippen LogP contribution in [0.15, 0.2) is 24.3 Å². The van der Waals surface area contributed by atoms with Crippen LogP contribution in [-0.4, -0.2) is 55.2 Å². The van der Waals surface area contributed by atoms with Crippen LogP contribution in [0.4, 0.5) is 0 Å². The van der Waals surface area contributed by atoms with Crippen LogP contribution in [0.3, 0.4) is 0 Å². The van der Waals surface area contributed by atoms with Crippen LogP contribution in [0.5, 0.6) is 0 Å². The second kappa shape index (κ2) is 6.78. The highest BCUT2D eigenvalue weighted by atomic mass is 32.1. The zero-order valence-corrected chi connectivity index (χ0v) is 12.3. The lowest BCUT2D eigenvalue weighted by molar-refractivity contribution is -0.0175. The van der Waals surface area contributed by atoms with Crippen LogP contribution < -0.4 is 11.1 Å². The van der Waals surface area contributed by atoms with E-state index >= 15 is 0 Å². The highest BCUT2D eigenvalue weighted by molar-refractivity contribution is 7.80. The first-order valence-corrected chi connectivity index (χ1v) is 6.95. The summed E-state index contributed by atoms with van der Waals surface area (Å²) in [6.07, 6.45) is 0.0384. The van der Waals surface area contributed by atoms with E-state index in [-0.39, 0.29) is 17.0 Å². The van der Waals surface area contributed by atoms with Crippen LogP contribution in [0.25, 0.3) is 0 Å². The third kappa shape index (κ3) is 4.00. The van der Waals surface area contributed by atoms with Gasteiger partial charge < -0.3 is 20.7 Å². The SMILES string of the molecule is CN1CCOC(CNC(=O)c2cccc(C(N)=S)c2)C1. The Labute approximate surface area is 124 Å². The van der Waals surface area contributed by atoms with Gasteiger partial charge in [0, 0.05) is 30.8 Å². The van der Waals surface area contributed by atoms with Gasteiger partial charge in [-0.2, -0.15) is 0 Å². The minimum absolute atomic E-state index is 0.0384. The van der Waals surface area contributed by atoms with Gasteiger partial charge >= 0.3 is 0 Å². The molecule has 20 heavy (non-hydrogen) atoms. The second-order valence-corrected chi connectivity index (χ2v) is 5.35. The Hall–Kier alpha value is -1.50.